The summed E-state index contributed by atoms with van der Waals surface area (Å²) in [5.41, 5.74) is 4.28. The fourth-order valence-corrected chi connectivity index (χ4v) is 10.7. The Balaban J connectivity index is 1.41. The molecule has 0 radical (unpaired) electrons. The molecule has 1 saturated heterocycles. The van der Waals surface area contributed by atoms with Gasteiger partial charge in [-0.1, -0.05) is 45.8 Å². The summed E-state index contributed by atoms with van der Waals surface area (Å²) < 4.78 is 12.8. The average molecular weight is 497 g/mol. The van der Waals surface area contributed by atoms with Gasteiger partial charge in [-0.25, -0.2) is 4.79 Å². The van der Waals surface area contributed by atoms with Gasteiger partial charge in [-0.3, -0.25) is 0 Å². The highest BCUT2D eigenvalue weighted by molar-refractivity contribution is 5.92. The fraction of sp³-hybridized carbons (Fsp3) is 0.806. The number of hydrogen-bond acceptors (Lipinski definition) is 5. The molecule has 1 N–H and O–H groups in total. The lowest BCUT2D eigenvalue weighted by Gasteiger charge is -2.61. The van der Waals surface area contributed by atoms with Gasteiger partial charge in [-0.2, -0.15) is 0 Å². The smallest absolute Gasteiger partial charge is 0.336 e. The molecule has 2 heterocycles. The summed E-state index contributed by atoms with van der Waals surface area (Å²) in [7, 11) is 0. The number of esters is 1. The van der Waals surface area contributed by atoms with Crippen molar-refractivity contribution in [2.75, 3.05) is 0 Å². The summed E-state index contributed by atoms with van der Waals surface area (Å²) in [6.07, 6.45) is 8.07. The summed E-state index contributed by atoms with van der Waals surface area (Å²) >= 11 is 0. The molecule has 0 amide bonds. The fourth-order valence-electron chi connectivity index (χ4n) is 10.7. The van der Waals surface area contributed by atoms with Gasteiger partial charge in [-0.15, -0.1) is 0 Å². The molecule has 4 aliphatic carbocycles. The minimum absolute atomic E-state index is 0.0204. The van der Waals surface area contributed by atoms with Gasteiger partial charge in [0.05, 0.1) is 17.6 Å². The first-order valence-corrected chi connectivity index (χ1v) is 14.2. The van der Waals surface area contributed by atoms with Crippen molar-refractivity contribution in [2.24, 2.45) is 39.4 Å². The third-order valence-electron chi connectivity index (χ3n) is 13.0. The van der Waals surface area contributed by atoms with E-state index >= 15 is 0 Å². The molecular weight excluding hydrogens is 452 g/mol. The van der Waals surface area contributed by atoms with E-state index < -0.39 is 17.3 Å². The maximum atomic E-state index is 12.5. The zero-order valence-electron chi connectivity index (χ0n) is 23.2. The lowest BCUT2D eigenvalue weighted by atomic mass is 9.43. The van der Waals surface area contributed by atoms with Gasteiger partial charge in [0.25, 0.3) is 0 Å². The van der Waals surface area contributed by atoms with Crippen LogP contribution in [0.25, 0.3) is 0 Å². The van der Waals surface area contributed by atoms with E-state index in [0.717, 1.165) is 56.8 Å². The minimum Gasteiger partial charge on any atom is -0.426 e. The third-order valence-corrected chi connectivity index (χ3v) is 13.0. The van der Waals surface area contributed by atoms with Crippen molar-refractivity contribution in [2.45, 2.75) is 118 Å². The largest absolute Gasteiger partial charge is 0.426 e. The Morgan fingerprint density at radius 1 is 1.00 bits per heavy atom. The highest BCUT2D eigenvalue weighted by atomic mass is 16.7. The Morgan fingerprint density at radius 2 is 1.72 bits per heavy atom. The second-order valence-electron chi connectivity index (χ2n) is 14.2. The molecule has 5 nitrogen and oxygen atoms in total. The van der Waals surface area contributed by atoms with Crippen LogP contribution in [0.3, 0.4) is 0 Å². The van der Waals surface area contributed by atoms with Crippen LogP contribution >= 0.6 is 0 Å². The Labute approximate surface area is 216 Å². The maximum absolute atomic E-state index is 12.5. The van der Waals surface area contributed by atoms with Gasteiger partial charge in [0.1, 0.15) is 6.29 Å². The van der Waals surface area contributed by atoms with Crippen LogP contribution in [0.2, 0.25) is 0 Å². The summed E-state index contributed by atoms with van der Waals surface area (Å²) in [5.74, 6) is -0.127. The first-order chi connectivity index (χ1) is 16.8. The number of allylic oxidation sites excluding steroid dienone is 2. The predicted octanol–water partition coefficient (Wildman–Crippen LogP) is 5.90. The molecule has 10 atom stereocenters. The maximum Gasteiger partial charge on any atom is 0.336 e. The molecule has 0 bridgehead atoms. The lowest BCUT2D eigenvalue weighted by molar-refractivity contribution is -0.262. The van der Waals surface area contributed by atoms with E-state index in [-0.39, 0.29) is 34.2 Å². The van der Waals surface area contributed by atoms with Gasteiger partial charge in [0.2, 0.25) is 5.79 Å². The summed E-state index contributed by atoms with van der Waals surface area (Å²) in [5, 5.41) is 10.8. The summed E-state index contributed by atoms with van der Waals surface area (Å²) in [6, 6.07) is 0. The van der Waals surface area contributed by atoms with E-state index in [4.69, 9.17) is 9.47 Å². The van der Waals surface area contributed by atoms with E-state index in [1.54, 1.807) is 11.1 Å². The van der Waals surface area contributed by atoms with E-state index in [1.165, 1.54) is 0 Å². The third kappa shape index (κ3) is 2.70. The molecule has 0 aromatic heterocycles. The van der Waals surface area contributed by atoms with Gasteiger partial charge in [0, 0.05) is 17.6 Å². The Hall–Kier alpha value is -1.46. The molecule has 6 rings (SSSR count). The van der Waals surface area contributed by atoms with Crippen LogP contribution in [0.4, 0.5) is 0 Å². The normalized spacial score (nSPS) is 54.1. The average Bonchev–Trinajstić information content (AvgIpc) is 3.18. The predicted molar refractivity (Wildman–Crippen MR) is 137 cm³/mol. The second-order valence-corrected chi connectivity index (χ2v) is 14.2. The van der Waals surface area contributed by atoms with Crippen LogP contribution in [0.5, 0.6) is 0 Å². The zero-order valence-corrected chi connectivity index (χ0v) is 23.2. The van der Waals surface area contributed by atoms with E-state index in [0.29, 0.717) is 23.8 Å². The molecule has 0 aromatic carbocycles. The van der Waals surface area contributed by atoms with E-state index in [9.17, 15) is 14.7 Å². The minimum atomic E-state index is -0.895. The number of rotatable bonds is 1. The van der Waals surface area contributed by atoms with Gasteiger partial charge in [0.15, 0.2) is 0 Å². The van der Waals surface area contributed by atoms with Crippen LogP contribution in [0.1, 0.15) is 99.8 Å². The first kappa shape index (κ1) is 24.9. The van der Waals surface area contributed by atoms with Crippen molar-refractivity contribution in [3.63, 3.8) is 0 Å². The molecule has 2 aliphatic heterocycles. The number of hydrogen-bond donors (Lipinski definition) is 1. The van der Waals surface area contributed by atoms with Crippen molar-refractivity contribution in [1.82, 2.24) is 0 Å². The number of ether oxygens (including phenoxy) is 2. The number of carbonyl (C=O) groups excluding carboxylic acids is 2. The Bertz CT molecular complexity index is 1100. The summed E-state index contributed by atoms with van der Waals surface area (Å²) in [6.45, 7) is 15.6. The highest BCUT2D eigenvalue weighted by Gasteiger charge is 2.69. The summed E-state index contributed by atoms with van der Waals surface area (Å²) in [4.78, 5) is 24.8. The molecule has 5 heteroatoms. The van der Waals surface area contributed by atoms with Crippen molar-refractivity contribution < 1.29 is 24.2 Å². The van der Waals surface area contributed by atoms with Crippen molar-refractivity contribution >= 4 is 12.3 Å². The number of aliphatic hydroxyl groups is 1. The van der Waals surface area contributed by atoms with Crippen molar-refractivity contribution in [3.8, 4) is 0 Å². The standard InChI is InChI=1S/C31H44O5/c1-17-14-31(19(3)18(2)26(34)36-31)35-22-15-30(7)21-8-9-23-27(4,12-11-24(33)28(23,5)16-32)20(21)10-13-29(30,6)25(17)22/h16-17,22-25,33H,8-15H2,1-7H3/t17-,22-,23-,24-,25+,27-,28+,29-,30+,31?/m1/s1. The SMILES string of the molecule is CC1=C(C)C2(C[C@@H](C)[C@H]3[C@@H](C[C@@]4(C)C5=C(CC[C@]34C)[C@@]3(C)CC[C@@H](O)[C@@](C)(C=O)[C@@H]3CC5)O2)OC1=O. The quantitative estimate of drug-likeness (QED) is 0.278. The van der Waals surface area contributed by atoms with Crippen molar-refractivity contribution in [3.05, 3.63) is 22.3 Å². The van der Waals surface area contributed by atoms with Crippen LogP contribution in [-0.4, -0.2) is 35.4 Å². The Morgan fingerprint density at radius 3 is 2.36 bits per heavy atom. The molecule has 198 valence electrons. The molecule has 3 fully saturated rings. The van der Waals surface area contributed by atoms with Gasteiger partial charge < -0.3 is 19.4 Å². The van der Waals surface area contributed by atoms with Gasteiger partial charge in [-0.05, 0) is 92.8 Å². The van der Waals surface area contributed by atoms with Crippen molar-refractivity contribution in [1.29, 1.82) is 0 Å². The number of aldehydes is 1. The molecule has 1 unspecified atom stereocenters. The number of carbonyl (C=O) groups is 2. The van der Waals surface area contributed by atoms with Crippen LogP contribution < -0.4 is 0 Å². The molecular formula is C31H44O5. The Kier molecular flexibility index (Phi) is 5.07. The van der Waals surface area contributed by atoms with Crippen LogP contribution in [-0.2, 0) is 19.1 Å². The zero-order chi connectivity index (χ0) is 26.1. The second kappa shape index (κ2) is 7.34. The van der Waals surface area contributed by atoms with E-state index in [2.05, 4.69) is 27.7 Å². The van der Waals surface area contributed by atoms with Crippen LogP contribution in [0, 0.1) is 39.4 Å². The lowest BCUT2D eigenvalue weighted by Crippen LogP contribution is -2.57. The number of aliphatic hydroxyl groups excluding tert-OH is 1. The molecule has 6 aliphatic rings. The van der Waals surface area contributed by atoms with Gasteiger partial charge >= 0.3 is 5.97 Å². The van der Waals surface area contributed by atoms with E-state index in [1.807, 2.05) is 20.8 Å². The monoisotopic (exact) mass is 496 g/mol. The molecule has 2 saturated carbocycles. The number of fused-ring (bicyclic) bond motifs is 6. The van der Waals surface area contributed by atoms with Crippen LogP contribution in [0.15, 0.2) is 22.3 Å². The molecule has 1 spiro atoms. The highest BCUT2D eigenvalue weighted by Crippen LogP contribution is 2.74. The first-order valence-electron chi connectivity index (χ1n) is 14.2. The topological polar surface area (TPSA) is 72.8 Å². The molecule has 0 aromatic rings. The molecule has 36 heavy (non-hydrogen) atoms.